The lowest BCUT2D eigenvalue weighted by atomic mass is 10.2. The first-order valence-electron chi connectivity index (χ1n) is 6.39. The van der Waals surface area contributed by atoms with E-state index in [0.717, 1.165) is 25.0 Å². The zero-order chi connectivity index (χ0) is 15.5. The monoisotopic (exact) mass is 322 g/mol. The van der Waals surface area contributed by atoms with Crippen LogP contribution in [0.1, 0.15) is 18.4 Å². The number of nitrogens with one attached hydrogen (secondary N) is 2. The zero-order valence-electron chi connectivity index (χ0n) is 11.0. The number of benzene rings is 1. The number of halogens is 4. The van der Waals surface area contributed by atoms with Crippen molar-refractivity contribution >= 4 is 23.3 Å². The molecule has 2 N–H and O–H groups in total. The summed E-state index contributed by atoms with van der Waals surface area (Å²) in [4.78, 5) is 11.6. The molecule has 1 atom stereocenters. The van der Waals surface area contributed by atoms with Crippen molar-refractivity contribution < 1.29 is 22.7 Å². The summed E-state index contributed by atoms with van der Waals surface area (Å²) in [5, 5.41) is 4.49. The Morgan fingerprint density at radius 1 is 1.43 bits per heavy atom. The molecule has 1 aliphatic heterocycles. The Hall–Kier alpha value is -1.47. The molecule has 0 aliphatic carbocycles. The molecule has 21 heavy (non-hydrogen) atoms. The molecule has 1 fully saturated rings. The summed E-state index contributed by atoms with van der Waals surface area (Å²) < 4.78 is 43.4. The number of ether oxygens (including phenoxy) is 1. The van der Waals surface area contributed by atoms with E-state index < -0.39 is 22.8 Å². The fourth-order valence-corrected chi connectivity index (χ4v) is 2.23. The number of carbonyl (C=O) groups excluding carboxylic acids is 1. The Kier molecular flexibility index (Phi) is 4.95. The van der Waals surface area contributed by atoms with E-state index in [0.29, 0.717) is 13.2 Å². The third-order valence-corrected chi connectivity index (χ3v) is 3.37. The fraction of sp³-hybridized carbons (Fsp3) is 0.462. The van der Waals surface area contributed by atoms with E-state index in [2.05, 4.69) is 10.6 Å². The van der Waals surface area contributed by atoms with Crippen molar-refractivity contribution in [3.63, 3.8) is 0 Å². The highest BCUT2D eigenvalue weighted by atomic mass is 35.5. The van der Waals surface area contributed by atoms with Crippen molar-refractivity contribution in [3.05, 3.63) is 28.8 Å². The molecular weight excluding hydrogens is 309 g/mol. The number of anilines is 1. The van der Waals surface area contributed by atoms with Crippen LogP contribution in [0.5, 0.6) is 0 Å². The summed E-state index contributed by atoms with van der Waals surface area (Å²) >= 11 is 5.50. The van der Waals surface area contributed by atoms with E-state index in [9.17, 15) is 18.0 Å². The van der Waals surface area contributed by atoms with E-state index in [1.54, 1.807) is 0 Å². The second kappa shape index (κ2) is 6.53. The second-order valence-electron chi connectivity index (χ2n) is 4.66. The van der Waals surface area contributed by atoms with Gasteiger partial charge in [-0.25, -0.2) is 4.79 Å². The number of amides is 2. The lowest BCUT2D eigenvalue weighted by Gasteiger charge is -2.13. The van der Waals surface area contributed by atoms with Crippen LogP contribution in [0, 0.1) is 0 Å². The average Bonchev–Trinajstić information content (AvgIpc) is 2.90. The fourth-order valence-electron chi connectivity index (χ4n) is 2.01. The molecule has 0 aromatic heterocycles. The van der Waals surface area contributed by atoms with Crippen molar-refractivity contribution in [2.24, 2.45) is 0 Å². The van der Waals surface area contributed by atoms with Gasteiger partial charge in [-0.05, 0) is 31.0 Å². The number of alkyl halides is 3. The van der Waals surface area contributed by atoms with Gasteiger partial charge in [-0.15, -0.1) is 0 Å². The maximum Gasteiger partial charge on any atom is 0.417 e. The molecule has 1 unspecified atom stereocenters. The van der Waals surface area contributed by atoms with Gasteiger partial charge in [0.15, 0.2) is 0 Å². The molecule has 4 nitrogen and oxygen atoms in total. The molecule has 0 radical (unpaired) electrons. The molecule has 0 bridgehead atoms. The van der Waals surface area contributed by atoms with Crippen molar-refractivity contribution in [2.75, 3.05) is 18.5 Å². The Bertz CT molecular complexity index is 517. The van der Waals surface area contributed by atoms with Gasteiger partial charge >= 0.3 is 12.2 Å². The van der Waals surface area contributed by atoms with Gasteiger partial charge in [0, 0.05) is 18.8 Å². The molecule has 1 heterocycles. The van der Waals surface area contributed by atoms with Crippen LogP contribution in [0.4, 0.5) is 23.7 Å². The number of rotatable bonds is 3. The van der Waals surface area contributed by atoms with Crippen LogP contribution in [-0.4, -0.2) is 25.3 Å². The van der Waals surface area contributed by atoms with Gasteiger partial charge in [-0.1, -0.05) is 11.6 Å². The Morgan fingerprint density at radius 3 is 2.81 bits per heavy atom. The van der Waals surface area contributed by atoms with Crippen LogP contribution >= 0.6 is 11.6 Å². The Labute approximate surface area is 124 Å². The maximum absolute atomic E-state index is 12.7. The molecule has 8 heteroatoms. The third-order valence-electron chi connectivity index (χ3n) is 3.04. The molecule has 1 aromatic carbocycles. The molecule has 0 saturated carbocycles. The van der Waals surface area contributed by atoms with Crippen molar-refractivity contribution in [1.29, 1.82) is 0 Å². The van der Waals surface area contributed by atoms with Gasteiger partial charge in [0.05, 0.1) is 16.7 Å². The van der Waals surface area contributed by atoms with E-state index >= 15 is 0 Å². The van der Waals surface area contributed by atoms with Crippen LogP contribution in [0.15, 0.2) is 18.2 Å². The van der Waals surface area contributed by atoms with Crippen LogP contribution in [0.2, 0.25) is 5.02 Å². The summed E-state index contributed by atoms with van der Waals surface area (Å²) in [6, 6.07) is 2.62. The highest BCUT2D eigenvalue weighted by Crippen LogP contribution is 2.36. The number of urea groups is 1. The Morgan fingerprint density at radius 2 is 2.19 bits per heavy atom. The highest BCUT2D eigenvalue weighted by molar-refractivity contribution is 6.31. The van der Waals surface area contributed by atoms with Crippen molar-refractivity contribution in [1.82, 2.24) is 5.32 Å². The van der Waals surface area contributed by atoms with E-state index in [-0.39, 0.29) is 11.8 Å². The lowest BCUT2D eigenvalue weighted by Crippen LogP contribution is -2.35. The molecular formula is C13H14ClF3N2O2. The molecule has 1 saturated heterocycles. The zero-order valence-corrected chi connectivity index (χ0v) is 11.7. The van der Waals surface area contributed by atoms with Crippen LogP contribution in [-0.2, 0) is 10.9 Å². The average molecular weight is 323 g/mol. The smallest absolute Gasteiger partial charge is 0.376 e. The van der Waals surface area contributed by atoms with Crippen LogP contribution < -0.4 is 10.6 Å². The standard InChI is InChI=1S/C13H14ClF3N2O2/c14-11-4-3-8(6-10(11)13(15,16)17)19-12(20)18-7-9-2-1-5-21-9/h3-4,6,9H,1-2,5,7H2,(H2,18,19,20). The minimum absolute atomic E-state index is 0.0246. The predicted molar refractivity (Wildman–Crippen MR) is 72.4 cm³/mol. The topological polar surface area (TPSA) is 50.4 Å². The first-order valence-corrected chi connectivity index (χ1v) is 6.77. The van der Waals surface area contributed by atoms with Crippen LogP contribution in [0.25, 0.3) is 0 Å². The molecule has 1 aromatic rings. The van der Waals surface area contributed by atoms with Gasteiger partial charge in [-0.2, -0.15) is 13.2 Å². The van der Waals surface area contributed by atoms with Crippen molar-refractivity contribution in [3.8, 4) is 0 Å². The van der Waals surface area contributed by atoms with Crippen molar-refractivity contribution in [2.45, 2.75) is 25.1 Å². The van der Waals surface area contributed by atoms with E-state index in [1.165, 1.54) is 6.07 Å². The molecule has 0 spiro atoms. The van der Waals surface area contributed by atoms with Gasteiger partial charge in [-0.3, -0.25) is 0 Å². The molecule has 2 rings (SSSR count). The number of hydrogen-bond acceptors (Lipinski definition) is 2. The minimum Gasteiger partial charge on any atom is -0.376 e. The van der Waals surface area contributed by atoms with Gasteiger partial charge in [0.1, 0.15) is 0 Å². The number of hydrogen-bond donors (Lipinski definition) is 2. The minimum atomic E-state index is -4.57. The predicted octanol–water partition coefficient (Wildman–Crippen LogP) is 3.66. The second-order valence-corrected chi connectivity index (χ2v) is 5.07. The first kappa shape index (κ1) is 15.9. The number of carbonyl (C=O) groups is 1. The normalized spacial score (nSPS) is 18.6. The van der Waals surface area contributed by atoms with Gasteiger partial charge < -0.3 is 15.4 Å². The highest BCUT2D eigenvalue weighted by Gasteiger charge is 2.33. The molecule has 116 valence electrons. The van der Waals surface area contributed by atoms with Gasteiger partial charge in [0.25, 0.3) is 0 Å². The van der Waals surface area contributed by atoms with E-state index in [1.807, 2.05) is 0 Å². The molecule has 2 amide bonds. The van der Waals surface area contributed by atoms with E-state index in [4.69, 9.17) is 16.3 Å². The summed E-state index contributed by atoms with van der Waals surface area (Å²) in [6.45, 7) is 0.992. The largest absolute Gasteiger partial charge is 0.417 e. The summed E-state index contributed by atoms with van der Waals surface area (Å²) in [5.41, 5.74) is -0.961. The molecule has 1 aliphatic rings. The third kappa shape index (κ3) is 4.50. The quantitative estimate of drug-likeness (QED) is 0.892. The lowest BCUT2D eigenvalue weighted by molar-refractivity contribution is -0.137. The summed E-state index contributed by atoms with van der Waals surface area (Å²) in [6.07, 6.45) is -2.80. The summed E-state index contributed by atoms with van der Waals surface area (Å²) in [7, 11) is 0. The van der Waals surface area contributed by atoms with Crippen LogP contribution in [0.3, 0.4) is 0 Å². The van der Waals surface area contributed by atoms with Gasteiger partial charge in [0.2, 0.25) is 0 Å². The first-order chi connectivity index (χ1) is 9.86. The SMILES string of the molecule is O=C(NCC1CCCO1)Nc1ccc(Cl)c(C(F)(F)F)c1. The maximum atomic E-state index is 12.7. The summed E-state index contributed by atoms with van der Waals surface area (Å²) in [5.74, 6) is 0. The Balaban J connectivity index is 1.94.